The van der Waals surface area contributed by atoms with E-state index in [0.717, 1.165) is 0 Å². The van der Waals surface area contributed by atoms with E-state index in [1.807, 2.05) is 36.4 Å². The highest BCUT2D eigenvalue weighted by molar-refractivity contribution is 6.16. The zero-order chi connectivity index (χ0) is 16.9. The van der Waals surface area contributed by atoms with Crippen LogP contribution in [0.1, 0.15) is 13.3 Å². The van der Waals surface area contributed by atoms with Crippen molar-refractivity contribution in [3.63, 3.8) is 0 Å². The van der Waals surface area contributed by atoms with Crippen molar-refractivity contribution >= 4 is 23.3 Å². The largest absolute Gasteiger partial charge is 0.481 e. The molecule has 0 fully saturated rings. The molecule has 1 N–H and O–H groups in total. The number of amidine groups is 1. The zero-order valence-corrected chi connectivity index (χ0v) is 13.2. The molecule has 6 heteroatoms. The normalized spacial score (nSPS) is 15.0. The average Bonchev–Trinajstić information content (AvgIpc) is 2.97. The third kappa shape index (κ3) is 3.60. The number of carbonyl (C=O) groups excluding carboxylic acids is 2. The summed E-state index contributed by atoms with van der Waals surface area (Å²) in [6.07, 6.45) is -0.644. The maximum Gasteiger partial charge on any atom is 0.266 e. The molecule has 0 saturated carbocycles. The fraction of sp³-hybridized carbons (Fsp3) is 0.167. The number of amides is 2. The van der Waals surface area contributed by atoms with Gasteiger partial charge in [0.05, 0.1) is 12.1 Å². The molecule has 24 heavy (non-hydrogen) atoms. The molecule has 0 aromatic heterocycles. The molecular formula is C18H17N3O3. The number of benzene rings is 2. The highest BCUT2D eigenvalue weighted by Crippen LogP contribution is 2.19. The lowest BCUT2D eigenvalue weighted by Crippen LogP contribution is -2.39. The van der Waals surface area contributed by atoms with Gasteiger partial charge in [-0.05, 0) is 31.2 Å². The van der Waals surface area contributed by atoms with Crippen LogP contribution < -0.4 is 15.1 Å². The number of anilines is 1. The van der Waals surface area contributed by atoms with Crippen LogP contribution in [0.25, 0.3) is 0 Å². The van der Waals surface area contributed by atoms with Crippen LogP contribution in [0, 0.1) is 0 Å². The van der Waals surface area contributed by atoms with Gasteiger partial charge in [0.15, 0.2) is 6.10 Å². The van der Waals surface area contributed by atoms with E-state index in [1.165, 1.54) is 5.01 Å². The Hall–Kier alpha value is -3.15. The number of nitrogens with zero attached hydrogens (tertiary/aromatic N) is 2. The Bertz CT molecular complexity index is 760. The van der Waals surface area contributed by atoms with Crippen molar-refractivity contribution < 1.29 is 14.3 Å². The summed E-state index contributed by atoms with van der Waals surface area (Å²) in [5.74, 6) is 0.390. The maximum absolute atomic E-state index is 12.2. The highest BCUT2D eigenvalue weighted by Gasteiger charge is 2.27. The SMILES string of the molecule is CC(Oc1ccccc1)C(=O)NC1=NN(c2ccccc2)C(=O)C1. The summed E-state index contributed by atoms with van der Waals surface area (Å²) in [4.78, 5) is 24.3. The molecule has 1 atom stereocenters. The van der Waals surface area contributed by atoms with Crippen LogP contribution in [0.15, 0.2) is 65.8 Å². The molecule has 1 aliphatic heterocycles. The second kappa shape index (κ2) is 6.95. The quantitative estimate of drug-likeness (QED) is 0.938. The zero-order valence-electron chi connectivity index (χ0n) is 13.2. The van der Waals surface area contributed by atoms with E-state index >= 15 is 0 Å². The molecule has 0 saturated heterocycles. The summed E-state index contributed by atoms with van der Waals surface area (Å²) in [5.41, 5.74) is 0.667. The molecule has 2 aromatic rings. The maximum atomic E-state index is 12.2. The van der Waals surface area contributed by atoms with E-state index in [4.69, 9.17) is 4.74 Å². The second-order valence-corrected chi connectivity index (χ2v) is 5.33. The number of hydrazone groups is 1. The molecular weight excluding hydrogens is 306 g/mol. The first-order valence-corrected chi connectivity index (χ1v) is 7.61. The number of rotatable bonds is 4. The topological polar surface area (TPSA) is 71.0 Å². The van der Waals surface area contributed by atoms with Crippen LogP contribution in [0.3, 0.4) is 0 Å². The van der Waals surface area contributed by atoms with Crippen molar-refractivity contribution in [1.29, 1.82) is 0 Å². The van der Waals surface area contributed by atoms with E-state index in [-0.39, 0.29) is 18.2 Å². The van der Waals surface area contributed by atoms with Crippen LogP contribution >= 0.6 is 0 Å². The van der Waals surface area contributed by atoms with E-state index < -0.39 is 6.10 Å². The van der Waals surface area contributed by atoms with Crippen LogP contribution in [-0.4, -0.2) is 23.8 Å². The number of para-hydroxylation sites is 2. The average molecular weight is 323 g/mol. The molecule has 0 radical (unpaired) electrons. The van der Waals surface area contributed by atoms with E-state index in [0.29, 0.717) is 17.3 Å². The number of ether oxygens (including phenoxy) is 1. The van der Waals surface area contributed by atoms with Gasteiger partial charge in [0, 0.05) is 0 Å². The fourth-order valence-electron chi connectivity index (χ4n) is 2.27. The molecule has 0 spiro atoms. The standard InChI is InChI=1S/C18H17N3O3/c1-13(24-15-10-6-3-7-11-15)18(23)19-16-12-17(22)21(20-16)14-8-4-2-5-9-14/h2-11,13H,12H2,1H3,(H,19,20,23). The van der Waals surface area contributed by atoms with Crippen molar-refractivity contribution in [2.45, 2.75) is 19.4 Å². The first kappa shape index (κ1) is 15.7. The molecule has 1 aliphatic rings. The summed E-state index contributed by atoms with van der Waals surface area (Å²) in [6, 6.07) is 18.2. The van der Waals surface area contributed by atoms with Gasteiger partial charge in [0.1, 0.15) is 11.6 Å². The molecule has 0 bridgehead atoms. The van der Waals surface area contributed by atoms with Crippen molar-refractivity contribution in [1.82, 2.24) is 5.32 Å². The number of carbonyl (C=O) groups is 2. The molecule has 0 aliphatic carbocycles. The third-order valence-corrected chi connectivity index (χ3v) is 3.47. The molecule has 6 nitrogen and oxygen atoms in total. The summed E-state index contributed by atoms with van der Waals surface area (Å²) < 4.78 is 5.56. The minimum atomic E-state index is -0.698. The van der Waals surface area contributed by atoms with Gasteiger partial charge in [0.2, 0.25) is 0 Å². The number of hydrogen-bond acceptors (Lipinski definition) is 4. The van der Waals surface area contributed by atoms with Gasteiger partial charge in [-0.3, -0.25) is 9.59 Å². The summed E-state index contributed by atoms with van der Waals surface area (Å²) in [6.45, 7) is 1.65. The summed E-state index contributed by atoms with van der Waals surface area (Å²) in [7, 11) is 0. The highest BCUT2D eigenvalue weighted by atomic mass is 16.5. The Kier molecular flexibility index (Phi) is 4.56. The van der Waals surface area contributed by atoms with Crippen LogP contribution in [0.5, 0.6) is 5.75 Å². The van der Waals surface area contributed by atoms with Gasteiger partial charge in [-0.25, -0.2) is 0 Å². The lowest BCUT2D eigenvalue weighted by molar-refractivity contribution is -0.125. The van der Waals surface area contributed by atoms with E-state index in [2.05, 4.69) is 10.4 Å². The molecule has 2 aromatic carbocycles. The third-order valence-electron chi connectivity index (χ3n) is 3.47. The predicted molar refractivity (Wildman–Crippen MR) is 90.7 cm³/mol. The first-order chi connectivity index (χ1) is 11.6. The summed E-state index contributed by atoms with van der Waals surface area (Å²) in [5, 5.41) is 8.12. The Morgan fingerprint density at radius 2 is 1.75 bits per heavy atom. The Balaban J connectivity index is 1.63. The number of hydrogen-bond donors (Lipinski definition) is 1. The smallest absolute Gasteiger partial charge is 0.266 e. The van der Waals surface area contributed by atoms with E-state index in [9.17, 15) is 9.59 Å². The van der Waals surface area contributed by atoms with Crippen LogP contribution in [0.2, 0.25) is 0 Å². The second-order valence-electron chi connectivity index (χ2n) is 5.33. The Morgan fingerprint density at radius 1 is 1.12 bits per heavy atom. The van der Waals surface area contributed by atoms with Gasteiger partial charge in [0.25, 0.3) is 11.8 Å². The van der Waals surface area contributed by atoms with Gasteiger partial charge in [-0.15, -0.1) is 0 Å². The van der Waals surface area contributed by atoms with Gasteiger partial charge in [-0.2, -0.15) is 10.1 Å². The minimum absolute atomic E-state index is 0.0543. The van der Waals surface area contributed by atoms with E-state index in [1.54, 1.807) is 31.2 Å². The van der Waals surface area contributed by atoms with Crippen molar-refractivity contribution in [3.05, 3.63) is 60.7 Å². The number of nitrogens with one attached hydrogen (secondary N) is 1. The van der Waals surface area contributed by atoms with Gasteiger partial charge >= 0.3 is 0 Å². The monoisotopic (exact) mass is 323 g/mol. The van der Waals surface area contributed by atoms with Crippen LogP contribution in [-0.2, 0) is 9.59 Å². The Labute approximate surface area is 139 Å². The van der Waals surface area contributed by atoms with Crippen LogP contribution in [0.4, 0.5) is 5.69 Å². The van der Waals surface area contributed by atoms with Gasteiger partial charge in [-0.1, -0.05) is 36.4 Å². The molecule has 1 heterocycles. The minimum Gasteiger partial charge on any atom is -0.481 e. The molecule has 3 rings (SSSR count). The first-order valence-electron chi connectivity index (χ1n) is 7.61. The summed E-state index contributed by atoms with van der Waals surface area (Å²) >= 11 is 0. The van der Waals surface area contributed by atoms with Gasteiger partial charge < -0.3 is 10.1 Å². The molecule has 2 amide bonds. The lowest BCUT2D eigenvalue weighted by atomic mass is 10.3. The molecule has 1 unspecified atom stereocenters. The lowest BCUT2D eigenvalue weighted by Gasteiger charge is -2.14. The fourth-order valence-corrected chi connectivity index (χ4v) is 2.27. The van der Waals surface area contributed by atoms with Crippen molar-refractivity contribution in [3.8, 4) is 5.75 Å². The van der Waals surface area contributed by atoms with Crippen molar-refractivity contribution in [2.24, 2.45) is 5.10 Å². The Morgan fingerprint density at radius 3 is 2.42 bits per heavy atom. The van der Waals surface area contributed by atoms with Crippen molar-refractivity contribution in [2.75, 3.05) is 5.01 Å². The molecule has 122 valence electrons. The predicted octanol–water partition coefficient (Wildman–Crippen LogP) is 2.32.